The Bertz CT molecular complexity index is 137. The summed E-state index contributed by atoms with van der Waals surface area (Å²) in [4.78, 5) is 13.7. The van der Waals surface area contributed by atoms with Crippen molar-refractivity contribution < 1.29 is 4.79 Å². The summed E-state index contributed by atoms with van der Waals surface area (Å²) in [6.45, 7) is 8.13. The standard InChI is InChI=1S/C12H24NO/c1-4-7-10-13(11-8-5-2)12(14)9-6-3/h6H,4-5,7-11H2,1-3H3. The molecule has 0 saturated heterocycles. The van der Waals surface area contributed by atoms with Gasteiger partial charge >= 0.3 is 0 Å². The molecule has 0 N–H and O–H groups in total. The van der Waals surface area contributed by atoms with Crippen LogP contribution in [-0.2, 0) is 4.79 Å². The van der Waals surface area contributed by atoms with Crippen LogP contribution in [0.25, 0.3) is 0 Å². The summed E-state index contributed by atoms with van der Waals surface area (Å²) in [5.41, 5.74) is 0. The molecule has 0 fully saturated rings. The third kappa shape index (κ3) is 6.01. The van der Waals surface area contributed by atoms with Gasteiger partial charge in [0, 0.05) is 19.5 Å². The lowest BCUT2D eigenvalue weighted by Crippen LogP contribution is -2.32. The van der Waals surface area contributed by atoms with Crippen molar-refractivity contribution in [3.05, 3.63) is 6.42 Å². The number of carbonyl (C=O) groups is 1. The first kappa shape index (κ1) is 13.5. The molecule has 0 spiro atoms. The van der Waals surface area contributed by atoms with Crippen molar-refractivity contribution in [2.24, 2.45) is 0 Å². The Kier molecular flexibility index (Phi) is 8.70. The highest BCUT2D eigenvalue weighted by atomic mass is 16.2. The van der Waals surface area contributed by atoms with Gasteiger partial charge in [-0.2, -0.15) is 0 Å². The summed E-state index contributed by atoms with van der Waals surface area (Å²) in [5.74, 6) is 0.286. The Balaban J connectivity index is 3.88. The van der Waals surface area contributed by atoms with Gasteiger partial charge in [0.1, 0.15) is 0 Å². The number of amides is 1. The molecular weight excluding hydrogens is 174 g/mol. The molecule has 0 aliphatic carbocycles. The van der Waals surface area contributed by atoms with Gasteiger partial charge in [-0.15, -0.1) is 0 Å². The van der Waals surface area contributed by atoms with Crippen LogP contribution in [0.4, 0.5) is 0 Å². The van der Waals surface area contributed by atoms with Crippen LogP contribution in [0.15, 0.2) is 0 Å². The highest BCUT2D eigenvalue weighted by Gasteiger charge is 2.10. The largest absolute Gasteiger partial charge is 0.343 e. The third-order valence-corrected chi connectivity index (χ3v) is 2.29. The summed E-state index contributed by atoms with van der Waals surface area (Å²) in [5, 5.41) is 0. The number of hydrogen-bond acceptors (Lipinski definition) is 1. The van der Waals surface area contributed by atoms with Gasteiger partial charge < -0.3 is 4.90 Å². The second-order valence-electron chi connectivity index (χ2n) is 3.70. The number of unbranched alkanes of at least 4 members (excludes halogenated alkanes) is 2. The highest BCUT2D eigenvalue weighted by molar-refractivity contribution is 5.77. The monoisotopic (exact) mass is 198 g/mol. The maximum Gasteiger partial charge on any atom is 0.222 e. The van der Waals surface area contributed by atoms with Crippen LogP contribution in [0.2, 0.25) is 0 Å². The zero-order chi connectivity index (χ0) is 10.8. The van der Waals surface area contributed by atoms with Crippen LogP contribution in [0.3, 0.4) is 0 Å². The molecule has 0 aliphatic heterocycles. The summed E-state index contributed by atoms with van der Waals surface area (Å²) in [7, 11) is 0. The minimum Gasteiger partial charge on any atom is -0.343 e. The van der Waals surface area contributed by atoms with E-state index in [-0.39, 0.29) is 5.91 Å². The van der Waals surface area contributed by atoms with Crippen molar-refractivity contribution >= 4 is 5.91 Å². The van der Waals surface area contributed by atoms with Crippen molar-refractivity contribution in [3.8, 4) is 0 Å². The maximum atomic E-state index is 11.6. The minimum atomic E-state index is 0.286. The Hall–Kier alpha value is -0.530. The molecule has 2 heteroatoms. The molecule has 0 unspecified atom stereocenters. The van der Waals surface area contributed by atoms with Gasteiger partial charge in [0.2, 0.25) is 5.91 Å². The lowest BCUT2D eigenvalue weighted by Gasteiger charge is -2.22. The van der Waals surface area contributed by atoms with Crippen molar-refractivity contribution in [1.82, 2.24) is 4.90 Å². The Morgan fingerprint density at radius 1 is 1.14 bits per heavy atom. The average molecular weight is 198 g/mol. The predicted octanol–water partition coefficient (Wildman–Crippen LogP) is 3.03. The molecule has 0 aromatic rings. The van der Waals surface area contributed by atoms with E-state index in [2.05, 4.69) is 13.8 Å². The van der Waals surface area contributed by atoms with Crippen molar-refractivity contribution in [3.63, 3.8) is 0 Å². The molecule has 1 amide bonds. The van der Waals surface area contributed by atoms with Crippen LogP contribution in [-0.4, -0.2) is 23.9 Å². The van der Waals surface area contributed by atoms with Crippen LogP contribution in [0.5, 0.6) is 0 Å². The number of rotatable bonds is 8. The molecule has 2 nitrogen and oxygen atoms in total. The van der Waals surface area contributed by atoms with E-state index in [1.807, 2.05) is 18.2 Å². The van der Waals surface area contributed by atoms with E-state index < -0.39 is 0 Å². The van der Waals surface area contributed by atoms with E-state index in [1.165, 1.54) is 0 Å². The van der Waals surface area contributed by atoms with Gasteiger partial charge in [-0.25, -0.2) is 0 Å². The quantitative estimate of drug-likeness (QED) is 0.587. The smallest absolute Gasteiger partial charge is 0.222 e. The fourth-order valence-corrected chi connectivity index (χ4v) is 1.36. The Morgan fingerprint density at radius 2 is 1.64 bits per heavy atom. The zero-order valence-corrected chi connectivity index (χ0v) is 9.88. The summed E-state index contributed by atoms with van der Waals surface area (Å²) < 4.78 is 0. The van der Waals surface area contributed by atoms with Gasteiger partial charge in [0.15, 0.2) is 0 Å². The minimum absolute atomic E-state index is 0.286. The zero-order valence-electron chi connectivity index (χ0n) is 9.88. The second-order valence-corrected chi connectivity index (χ2v) is 3.70. The van der Waals surface area contributed by atoms with E-state index in [1.54, 1.807) is 0 Å². The van der Waals surface area contributed by atoms with Gasteiger partial charge in [0.05, 0.1) is 0 Å². The van der Waals surface area contributed by atoms with Crippen LogP contribution >= 0.6 is 0 Å². The topological polar surface area (TPSA) is 20.3 Å². The second kappa shape index (κ2) is 9.04. The fraction of sp³-hybridized carbons (Fsp3) is 0.833. The van der Waals surface area contributed by atoms with E-state index in [4.69, 9.17) is 0 Å². The van der Waals surface area contributed by atoms with Crippen molar-refractivity contribution in [2.75, 3.05) is 13.1 Å². The van der Waals surface area contributed by atoms with Crippen molar-refractivity contribution in [1.29, 1.82) is 0 Å². The average Bonchev–Trinajstić information content (AvgIpc) is 2.18. The van der Waals surface area contributed by atoms with Gasteiger partial charge in [-0.05, 0) is 19.3 Å². The van der Waals surface area contributed by atoms with E-state index in [0.29, 0.717) is 6.42 Å². The predicted molar refractivity (Wildman–Crippen MR) is 61.0 cm³/mol. The Morgan fingerprint density at radius 3 is 2.00 bits per heavy atom. The molecule has 0 aliphatic rings. The first-order valence-electron chi connectivity index (χ1n) is 5.81. The molecule has 14 heavy (non-hydrogen) atoms. The molecule has 0 bridgehead atoms. The first-order chi connectivity index (χ1) is 6.76. The van der Waals surface area contributed by atoms with E-state index in [0.717, 1.165) is 38.8 Å². The van der Waals surface area contributed by atoms with Crippen molar-refractivity contribution in [2.45, 2.75) is 52.9 Å². The molecular formula is C12H24NO. The highest BCUT2D eigenvalue weighted by Crippen LogP contribution is 2.03. The van der Waals surface area contributed by atoms with Crippen LogP contribution in [0.1, 0.15) is 52.9 Å². The number of carbonyl (C=O) groups excluding carboxylic acids is 1. The molecule has 0 heterocycles. The number of nitrogens with zero attached hydrogens (tertiary/aromatic N) is 1. The molecule has 83 valence electrons. The molecule has 0 rings (SSSR count). The fourth-order valence-electron chi connectivity index (χ4n) is 1.36. The molecule has 0 aromatic heterocycles. The van der Waals surface area contributed by atoms with E-state index >= 15 is 0 Å². The van der Waals surface area contributed by atoms with Gasteiger partial charge in [-0.1, -0.05) is 33.6 Å². The molecule has 0 aromatic carbocycles. The van der Waals surface area contributed by atoms with E-state index in [9.17, 15) is 4.79 Å². The summed E-state index contributed by atoms with van der Waals surface area (Å²) in [6, 6.07) is 0. The summed E-state index contributed by atoms with van der Waals surface area (Å²) in [6.07, 6.45) is 7.09. The first-order valence-corrected chi connectivity index (χ1v) is 5.81. The molecule has 0 atom stereocenters. The SMILES string of the molecule is C[CH]CC(=O)N(CCCC)CCCC. The third-order valence-electron chi connectivity index (χ3n) is 2.29. The summed E-state index contributed by atoms with van der Waals surface area (Å²) >= 11 is 0. The number of hydrogen-bond donors (Lipinski definition) is 0. The molecule has 0 saturated carbocycles. The lowest BCUT2D eigenvalue weighted by atomic mass is 10.2. The maximum absolute atomic E-state index is 11.6. The van der Waals surface area contributed by atoms with Gasteiger partial charge in [-0.3, -0.25) is 4.79 Å². The normalized spacial score (nSPS) is 10.2. The molecule has 1 radical (unpaired) electrons. The van der Waals surface area contributed by atoms with Crippen LogP contribution < -0.4 is 0 Å². The van der Waals surface area contributed by atoms with Crippen LogP contribution in [0, 0.1) is 6.42 Å². The lowest BCUT2D eigenvalue weighted by molar-refractivity contribution is -0.130. The van der Waals surface area contributed by atoms with Gasteiger partial charge in [0.25, 0.3) is 0 Å². The Labute approximate surface area is 88.7 Å².